The van der Waals surface area contributed by atoms with E-state index in [0.717, 1.165) is 29.7 Å². The van der Waals surface area contributed by atoms with Crippen LogP contribution in [0.5, 0.6) is 5.75 Å². The van der Waals surface area contributed by atoms with Gasteiger partial charge in [0.2, 0.25) is 0 Å². The zero-order chi connectivity index (χ0) is 13.2. The molecule has 0 spiro atoms. The van der Waals surface area contributed by atoms with Crippen LogP contribution in [0.2, 0.25) is 0 Å². The molecule has 0 bridgehead atoms. The first-order valence-corrected chi connectivity index (χ1v) is 6.50. The van der Waals surface area contributed by atoms with E-state index in [0.29, 0.717) is 6.10 Å². The predicted octanol–water partition coefficient (Wildman–Crippen LogP) is 3.42. The number of hydrogen-bond donors (Lipinski definition) is 1. The maximum Gasteiger partial charge on any atom is 0.123 e. The third-order valence-electron chi connectivity index (χ3n) is 3.30. The van der Waals surface area contributed by atoms with Gasteiger partial charge in [-0.15, -0.1) is 0 Å². The minimum atomic E-state index is -0.246. The van der Waals surface area contributed by atoms with Crippen molar-refractivity contribution < 1.29 is 9.13 Å². The molecule has 1 unspecified atom stereocenters. The van der Waals surface area contributed by atoms with Crippen LogP contribution in [0.25, 0.3) is 0 Å². The Morgan fingerprint density at radius 3 is 2.00 bits per heavy atom. The second kappa shape index (κ2) is 5.02. The Bertz CT molecular complexity index is 546. The van der Waals surface area contributed by atoms with Gasteiger partial charge in [0.1, 0.15) is 11.6 Å². The number of halogens is 1. The van der Waals surface area contributed by atoms with Crippen LogP contribution < -0.4 is 10.5 Å². The largest absolute Gasteiger partial charge is 0.490 e. The molecule has 2 aromatic carbocycles. The van der Waals surface area contributed by atoms with Crippen molar-refractivity contribution in [3.63, 3.8) is 0 Å². The van der Waals surface area contributed by atoms with Crippen LogP contribution in [0.4, 0.5) is 4.39 Å². The lowest BCUT2D eigenvalue weighted by Crippen LogP contribution is -2.11. The molecule has 0 aromatic heterocycles. The summed E-state index contributed by atoms with van der Waals surface area (Å²) in [5.41, 5.74) is 8.06. The van der Waals surface area contributed by atoms with Crippen molar-refractivity contribution in [2.45, 2.75) is 25.0 Å². The Balaban J connectivity index is 1.75. The van der Waals surface area contributed by atoms with E-state index in [-0.39, 0.29) is 11.9 Å². The Morgan fingerprint density at radius 1 is 0.947 bits per heavy atom. The van der Waals surface area contributed by atoms with Gasteiger partial charge in [-0.25, -0.2) is 4.39 Å². The summed E-state index contributed by atoms with van der Waals surface area (Å²) in [7, 11) is 0. The number of ether oxygens (including phenoxy) is 1. The zero-order valence-corrected chi connectivity index (χ0v) is 10.6. The molecule has 1 aliphatic carbocycles. The van der Waals surface area contributed by atoms with Gasteiger partial charge in [-0.05, 0) is 48.2 Å². The maximum absolute atomic E-state index is 12.9. The number of rotatable bonds is 4. The minimum absolute atomic E-state index is 0.240. The Morgan fingerprint density at radius 2 is 1.47 bits per heavy atom. The van der Waals surface area contributed by atoms with Crippen LogP contribution >= 0.6 is 0 Å². The average molecular weight is 257 g/mol. The molecule has 0 radical (unpaired) electrons. The van der Waals surface area contributed by atoms with Gasteiger partial charge < -0.3 is 10.5 Å². The van der Waals surface area contributed by atoms with E-state index >= 15 is 0 Å². The molecular weight excluding hydrogens is 241 g/mol. The van der Waals surface area contributed by atoms with Crippen LogP contribution in [-0.2, 0) is 0 Å². The first kappa shape index (κ1) is 12.2. The molecule has 0 heterocycles. The third kappa shape index (κ3) is 2.93. The maximum atomic E-state index is 12.9. The van der Waals surface area contributed by atoms with Crippen molar-refractivity contribution in [2.24, 2.45) is 5.73 Å². The lowest BCUT2D eigenvalue weighted by atomic mass is 10.00. The van der Waals surface area contributed by atoms with Crippen LogP contribution in [0, 0.1) is 5.82 Å². The van der Waals surface area contributed by atoms with E-state index in [1.165, 1.54) is 12.1 Å². The zero-order valence-electron chi connectivity index (χ0n) is 10.6. The fourth-order valence-electron chi connectivity index (χ4n) is 1.99. The standard InChI is InChI=1S/C16H16FNO/c17-13-5-1-11(2-6-13)16(18)12-3-7-14(8-4-12)19-15-9-10-15/h1-8,15-16H,9-10,18H2. The molecule has 2 N–H and O–H groups in total. The van der Waals surface area contributed by atoms with Gasteiger partial charge >= 0.3 is 0 Å². The summed E-state index contributed by atoms with van der Waals surface area (Å²) in [5, 5.41) is 0. The minimum Gasteiger partial charge on any atom is -0.490 e. The van der Waals surface area contributed by atoms with Gasteiger partial charge in [-0.2, -0.15) is 0 Å². The lowest BCUT2D eigenvalue weighted by molar-refractivity contribution is 0.303. The highest BCUT2D eigenvalue weighted by Crippen LogP contribution is 2.28. The summed E-state index contributed by atoms with van der Waals surface area (Å²) in [6, 6.07) is 13.9. The Labute approximate surface area is 112 Å². The molecule has 19 heavy (non-hydrogen) atoms. The van der Waals surface area contributed by atoms with Gasteiger partial charge in [0.15, 0.2) is 0 Å². The molecule has 0 saturated heterocycles. The first-order chi connectivity index (χ1) is 9.22. The van der Waals surface area contributed by atoms with Gasteiger partial charge in [0, 0.05) is 0 Å². The van der Waals surface area contributed by atoms with Crippen molar-refractivity contribution in [1.82, 2.24) is 0 Å². The second-order valence-corrected chi connectivity index (χ2v) is 4.92. The summed E-state index contributed by atoms with van der Waals surface area (Å²) < 4.78 is 18.6. The molecule has 0 aliphatic heterocycles. The molecule has 3 rings (SSSR count). The van der Waals surface area contributed by atoms with Gasteiger partial charge in [-0.1, -0.05) is 24.3 Å². The van der Waals surface area contributed by atoms with Gasteiger partial charge in [0.05, 0.1) is 12.1 Å². The predicted molar refractivity (Wildman–Crippen MR) is 72.5 cm³/mol. The van der Waals surface area contributed by atoms with Gasteiger partial charge in [0.25, 0.3) is 0 Å². The first-order valence-electron chi connectivity index (χ1n) is 6.50. The monoisotopic (exact) mass is 257 g/mol. The molecule has 0 amide bonds. The van der Waals surface area contributed by atoms with Gasteiger partial charge in [-0.3, -0.25) is 0 Å². The molecular formula is C16H16FNO. The van der Waals surface area contributed by atoms with E-state index in [4.69, 9.17) is 10.5 Å². The molecule has 1 aliphatic rings. The van der Waals surface area contributed by atoms with E-state index in [2.05, 4.69) is 0 Å². The number of nitrogens with two attached hydrogens (primary N) is 1. The second-order valence-electron chi connectivity index (χ2n) is 4.92. The molecule has 2 nitrogen and oxygen atoms in total. The highest BCUT2D eigenvalue weighted by molar-refractivity contribution is 5.35. The van der Waals surface area contributed by atoms with Crippen LogP contribution in [0.3, 0.4) is 0 Å². The third-order valence-corrected chi connectivity index (χ3v) is 3.30. The Kier molecular flexibility index (Phi) is 3.22. The van der Waals surface area contributed by atoms with E-state index in [9.17, 15) is 4.39 Å². The van der Waals surface area contributed by atoms with Crippen LogP contribution in [0.15, 0.2) is 48.5 Å². The Hall–Kier alpha value is -1.87. The summed E-state index contributed by atoms with van der Waals surface area (Å²) in [6.07, 6.45) is 2.70. The van der Waals surface area contributed by atoms with Crippen molar-refractivity contribution in [3.8, 4) is 5.75 Å². The average Bonchev–Trinajstić information content (AvgIpc) is 3.24. The molecule has 3 heteroatoms. The van der Waals surface area contributed by atoms with E-state index in [1.807, 2.05) is 24.3 Å². The molecule has 1 atom stereocenters. The molecule has 2 aromatic rings. The fourth-order valence-corrected chi connectivity index (χ4v) is 1.99. The quantitative estimate of drug-likeness (QED) is 0.911. The normalized spacial score (nSPS) is 16.1. The highest BCUT2D eigenvalue weighted by Gasteiger charge is 2.23. The van der Waals surface area contributed by atoms with Crippen LogP contribution in [-0.4, -0.2) is 6.10 Å². The lowest BCUT2D eigenvalue weighted by Gasteiger charge is -2.13. The number of benzene rings is 2. The topological polar surface area (TPSA) is 35.2 Å². The number of hydrogen-bond acceptors (Lipinski definition) is 2. The molecule has 1 fully saturated rings. The van der Waals surface area contributed by atoms with Crippen molar-refractivity contribution in [3.05, 3.63) is 65.5 Å². The van der Waals surface area contributed by atoms with E-state index < -0.39 is 0 Å². The molecule has 1 saturated carbocycles. The summed E-state index contributed by atoms with van der Waals surface area (Å²) >= 11 is 0. The summed E-state index contributed by atoms with van der Waals surface area (Å²) in [4.78, 5) is 0. The van der Waals surface area contributed by atoms with Crippen molar-refractivity contribution in [2.75, 3.05) is 0 Å². The highest BCUT2D eigenvalue weighted by atomic mass is 19.1. The van der Waals surface area contributed by atoms with E-state index in [1.54, 1.807) is 12.1 Å². The fraction of sp³-hybridized carbons (Fsp3) is 0.250. The molecule has 98 valence electrons. The SMILES string of the molecule is NC(c1ccc(F)cc1)c1ccc(OC2CC2)cc1. The summed E-state index contributed by atoms with van der Waals surface area (Å²) in [6.45, 7) is 0. The summed E-state index contributed by atoms with van der Waals surface area (Å²) in [5.74, 6) is 0.640. The van der Waals surface area contributed by atoms with Crippen LogP contribution in [0.1, 0.15) is 30.0 Å². The van der Waals surface area contributed by atoms with Crippen molar-refractivity contribution >= 4 is 0 Å². The smallest absolute Gasteiger partial charge is 0.123 e. The van der Waals surface area contributed by atoms with Crippen molar-refractivity contribution in [1.29, 1.82) is 0 Å².